The molecule has 14 rings (SSSR count). The maximum absolute atomic E-state index is 6.60. The minimum Gasteiger partial charge on any atom is -0.456 e. The van der Waals surface area contributed by atoms with Crippen LogP contribution >= 0.6 is 11.3 Å². The molecule has 0 atom stereocenters. The summed E-state index contributed by atoms with van der Waals surface area (Å²) in [6, 6.07) is 68.0. The zero-order valence-electron chi connectivity index (χ0n) is 34.0. The lowest BCUT2D eigenvalue weighted by molar-refractivity contribution is 0.668. The summed E-state index contributed by atoms with van der Waals surface area (Å²) in [5.74, 6) is 1.72. The van der Waals surface area contributed by atoms with Gasteiger partial charge >= 0.3 is 0 Å². The van der Waals surface area contributed by atoms with Crippen LogP contribution in [0.15, 0.2) is 203 Å². The minimum atomic E-state index is 0.563. The monoisotopic (exact) mass is 836 g/mol. The van der Waals surface area contributed by atoms with Crippen LogP contribution < -0.4 is 0 Å². The summed E-state index contributed by atoms with van der Waals surface area (Å²) < 4.78 is 17.8. The second-order valence-electron chi connectivity index (χ2n) is 16.3. The highest BCUT2D eigenvalue weighted by atomic mass is 32.1. The summed E-state index contributed by atoms with van der Waals surface area (Å²) in [5, 5.41) is 9.07. The van der Waals surface area contributed by atoms with Gasteiger partial charge in [0.25, 0.3) is 0 Å². The Hall–Kier alpha value is -8.39. The molecule has 298 valence electrons. The lowest BCUT2D eigenvalue weighted by atomic mass is 9.97. The zero-order chi connectivity index (χ0) is 41.9. The second kappa shape index (κ2) is 13.6. The van der Waals surface area contributed by atoms with Gasteiger partial charge in [-0.2, -0.15) is 0 Å². The van der Waals surface area contributed by atoms with Crippen molar-refractivity contribution in [2.45, 2.75) is 0 Å². The Morgan fingerprint density at radius 1 is 0.344 bits per heavy atom. The molecule has 5 heterocycles. The van der Waals surface area contributed by atoms with E-state index in [4.69, 9.17) is 23.8 Å². The van der Waals surface area contributed by atoms with E-state index in [-0.39, 0.29) is 0 Å². The highest BCUT2D eigenvalue weighted by molar-refractivity contribution is 7.26. The third-order valence-corrected chi connectivity index (χ3v) is 13.8. The molecule has 0 saturated heterocycles. The van der Waals surface area contributed by atoms with Crippen LogP contribution in [0.2, 0.25) is 0 Å². The molecule has 14 aromatic rings. The number of aromatic nitrogens is 4. The smallest absolute Gasteiger partial charge is 0.164 e. The predicted octanol–water partition coefficient (Wildman–Crippen LogP) is 15.8. The van der Waals surface area contributed by atoms with E-state index in [2.05, 4.69) is 132 Å². The van der Waals surface area contributed by atoms with Gasteiger partial charge in [-0.05, 0) is 83.9 Å². The molecule has 64 heavy (non-hydrogen) atoms. The van der Waals surface area contributed by atoms with Gasteiger partial charge in [-0.15, -0.1) is 11.3 Å². The summed E-state index contributed by atoms with van der Waals surface area (Å²) in [6.07, 6.45) is 0. The third kappa shape index (κ3) is 5.28. The molecule has 7 heteroatoms. The molecular weight excluding hydrogens is 805 g/mol. The minimum absolute atomic E-state index is 0.563. The van der Waals surface area contributed by atoms with E-state index in [0.29, 0.717) is 17.5 Å². The fourth-order valence-electron chi connectivity index (χ4n) is 9.78. The average Bonchev–Trinajstić information content (AvgIpc) is 4.12. The fourth-order valence-corrected chi connectivity index (χ4v) is 10.9. The second-order valence-corrected chi connectivity index (χ2v) is 17.4. The van der Waals surface area contributed by atoms with E-state index in [9.17, 15) is 0 Å². The predicted molar refractivity (Wildman–Crippen MR) is 263 cm³/mol. The summed E-state index contributed by atoms with van der Waals surface area (Å²) in [6.45, 7) is 0. The highest BCUT2D eigenvalue weighted by Crippen LogP contribution is 2.44. The standard InChI is InChI=1S/C57H32N4O2S/c1-2-12-33(13-3-1)55-58-56(35-24-27-41-40-16-6-9-21-47(40)63-50(41)31-35)60-57(59-55)42-18-10-22-49-53(42)43-30-34(25-28-48(43)62-49)37-17-11-23-52-54(37)44-32-36(26-29-51(44)64-52)61-45-19-7-4-14-38(45)39-15-5-8-20-46(39)61/h1-32H. The summed E-state index contributed by atoms with van der Waals surface area (Å²) >= 11 is 1.84. The number of hydrogen-bond acceptors (Lipinski definition) is 6. The van der Waals surface area contributed by atoms with Crippen molar-refractivity contribution in [1.82, 2.24) is 19.5 Å². The van der Waals surface area contributed by atoms with Crippen molar-refractivity contribution < 1.29 is 8.83 Å². The molecule has 0 bridgehead atoms. The van der Waals surface area contributed by atoms with Gasteiger partial charge in [0.05, 0.1) is 11.0 Å². The van der Waals surface area contributed by atoms with Gasteiger partial charge in [0, 0.05) is 74.9 Å². The Bertz CT molecular complexity index is 4160. The first-order chi connectivity index (χ1) is 31.7. The number of hydrogen-bond donors (Lipinski definition) is 0. The normalized spacial score (nSPS) is 12.1. The molecule has 0 amide bonds. The van der Waals surface area contributed by atoms with Gasteiger partial charge in [0.15, 0.2) is 17.5 Å². The molecule has 0 radical (unpaired) electrons. The van der Waals surface area contributed by atoms with Crippen molar-refractivity contribution in [3.8, 4) is 51.0 Å². The molecule has 0 fully saturated rings. The molecule has 5 aromatic heterocycles. The van der Waals surface area contributed by atoms with E-state index in [1.165, 1.54) is 47.5 Å². The molecule has 9 aromatic carbocycles. The van der Waals surface area contributed by atoms with Gasteiger partial charge in [0.1, 0.15) is 22.3 Å². The topological polar surface area (TPSA) is 69.9 Å². The Labute approximate surface area is 368 Å². The van der Waals surface area contributed by atoms with E-state index in [0.717, 1.165) is 71.8 Å². The molecule has 0 unspecified atom stereocenters. The van der Waals surface area contributed by atoms with Crippen LogP contribution in [0, 0.1) is 0 Å². The van der Waals surface area contributed by atoms with Gasteiger partial charge in [-0.3, -0.25) is 0 Å². The Balaban J connectivity index is 0.951. The first-order valence-electron chi connectivity index (χ1n) is 21.3. The van der Waals surface area contributed by atoms with Crippen LogP contribution in [0.3, 0.4) is 0 Å². The number of para-hydroxylation sites is 3. The largest absolute Gasteiger partial charge is 0.456 e. The lowest BCUT2D eigenvalue weighted by Gasteiger charge is -2.10. The van der Waals surface area contributed by atoms with Crippen LogP contribution in [-0.2, 0) is 0 Å². The van der Waals surface area contributed by atoms with Crippen LogP contribution in [0.4, 0.5) is 0 Å². The van der Waals surface area contributed by atoms with E-state index < -0.39 is 0 Å². The Morgan fingerprint density at radius 3 is 1.83 bits per heavy atom. The quantitative estimate of drug-likeness (QED) is 0.173. The van der Waals surface area contributed by atoms with E-state index in [1.807, 2.05) is 78.1 Å². The number of rotatable bonds is 5. The summed E-state index contributed by atoms with van der Waals surface area (Å²) in [5.41, 5.74) is 11.6. The maximum Gasteiger partial charge on any atom is 0.164 e. The van der Waals surface area contributed by atoms with Crippen molar-refractivity contribution in [2.75, 3.05) is 0 Å². The van der Waals surface area contributed by atoms with Crippen molar-refractivity contribution in [1.29, 1.82) is 0 Å². The first kappa shape index (κ1) is 35.2. The van der Waals surface area contributed by atoms with E-state index in [1.54, 1.807) is 0 Å². The Kier molecular flexibility index (Phi) is 7.46. The van der Waals surface area contributed by atoms with Gasteiger partial charge in [-0.25, -0.2) is 15.0 Å². The van der Waals surface area contributed by atoms with Crippen LogP contribution in [0.5, 0.6) is 0 Å². The highest BCUT2D eigenvalue weighted by Gasteiger charge is 2.21. The molecule has 0 N–H and O–H groups in total. The average molecular weight is 837 g/mol. The molecule has 0 aliphatic carbocycles. The number of furan rings is 2. The number of thiophene rings is 1. The van der Waals surface area contributed by atoms with Gasteiger partial charge in [-0.1, -0.05) is 121 Å². The van der Waals surface area contributed by atoms with Crippen molar-refractivity contribution >= 4 is 97.2 Å². The molecule has 6 nitrogen and oxygen atoms in total. The molecule has 0 aliphatic heterocycles. The van der Waals surface area contributed by atoms with Crippen molar-refractivity contribution in [3.05, 3.63) is 194 Å². The van der Waals surface area contributed by atoms with Crippen molar-refractivity contribution in [2.24, 2.45) is 0 Å². The number of fused-ring (bicyclic) bond motifs is 12. The van der Waals surface area contributed by atoms with Crippen LogP contribution in [0.25, 0.3) is 137 Å². The molecule has 0 aliphatic rings. The molecule has 0 spiro atoms. The summed E-state index contributed by atoms with van der Waals surface area (Å²) in [7, 11) is 0. The first-order valence-corrected chi connectivity index (χ1v) is 22.1. The third-order valence-electron chi connectivity index (χ3n) is 12.7. The maximum atomic E-state index is 6.60. The number of benzene rings is 9. The van der Waals surface area contributed by atoms with E-state index >= 15 is 0 Å². The fraction of sp³-hybridized carbons (Fsp3) is 0. The SMILES string of the molecule is c1ccc(-c2nc(-c3ccc4c(c3)oc3ccccc34)nc(-c3cccc4oc5ccc(-c6cccc7sc8ccc(-n9c%10ccccc%10c%10ccccc%109)cc8c67)cc5c34)n2)cc1. The lowest BCUT2D eigenvalue weighted by Crippen LogP contribution is -2.00. The van der Waals surface area contributed by atoms with Crippen LogP contribution in [0.1, 0.15) is 0 Å². The zero-order valence-corrected chi connectivity index (χ0v) is 34.8. The summed E-state index contributed by atoms with van der Waals surface area (Å²) in [4.78, 5) is 15.4. The van der Waals surface area contributed by atoms with Crippen molar-refractivity contribution in [3.63, 3.8) is 0 Å². The molecule has 0 saturated carbocycles. The van der Waals surface area contributed by atoms with Gasteiger partial charge < -0.3 is 13.4 Å². The number of nitrogens with zero attached hydrogens (tertiary/aromatic N) is 4. The van der Waals surface area contributed by atoms with Crippen LogP contribution in [-0.4, -0.2) is 19.5 Å². The Morgan fingerprint density at radius 2 is 0.984 bits per heavy atom. The van der Waals surface area contributed by atoms with Gasteiger partial charge in [0.2, 0.25) is 0 Å². The molecular formula is C57H32N4O2S.